The van der Waals surface area contributed by atoms with Crippen molar-refractivity contribution in [2.24, 2.45) is 5.92 Å². The van der Waals surface area contributed by atoms with E-state index in [9.17, 15) is 4.79 Å². The lowest BCUT2D eigenvalue weighted by atomic mass is 10.1. The van der Waals surface area contributed by atoms with E-state index in [2.05, 4.69) is 13.8 Å². The van der Waals surface area contributed by atoms with Gasteiger partial charge in [0, 0.05) is 6.08 Å². The highest BCUT2D eigenvalue weighted by Gasteiger charge is 1.92. The third-order valence-corrected chi connectivity index (χ3v) is 1.66. The number of rotatable bonds is 6. The lowest BCUT2D eigenvalue weighted by Gasteiger charge is -2.01. The molecule has 0 fully saturated rings. The monoisotopic (exact) mass is 170 g/mol. The predicted molar refractivity (Wildman–Crippen MR) is 50.1 cm³/mol. The number of carboxylic acids is 1. The highest BCUT2D eigenvalue weighted by Crippen LogP contribution is 2.07. The molecule has 0 atom stereocenters. The number of carboxylic acid groups (broad SMARTS) is 1. The summed E-state index contributed by atoms with van der Waals surface area (Å²) < 4.78 is 0. The second-order valence-corrected chi connectivity index (χ2v) is 3.42. The molecular weight excluding hydrogens is 152 g/mol. The van der Waals surface area contributed by atoms with Gasteiger partial charge in [-0.05, 0) is 18.8 Å². The van der Waals surface area contributed by atoms with Gasteiger partial charge in [-0.1, -0.05) is 32.8 Å². The van der Waals surface area contributed by atoms with Crippen molar-refractivity contribution in [3.8, 4) is 0 Å². The molecule has 0 aliphatic heterocycles. The van der Waals surface area contributed by atoms with Crippen LogP contribution < -0.4 is 0 Å². The fourth-order valence-electron chi connectivity index (χ4n) is 0.999. The van der Waals surface area contributed by atoms with Gasteiger partial charge in [-0.15, -0.1) is 0 Å². The Hall–Kier alpha value is -0.790. The topological polar surface area (TPSA) is 37.3 Å². The number of unbranched alkanes of at least 4 members (excludes halogenated alkanes) is 2. The fourth-order valence-corrected chi connectivity index (χ4v) is 0.999. The molecule has 70 valence electrons. The minimum Gasteiger partial charge on any atom is -0.478 e. The molecule has 0 heterocycles. The first-order valence-corrected chi connectivity index (χ1v) is 4.52. The Morgan fingerprint density at radius 3 is 2.58 bits per heavy atom. The SMILES string of the molecule is CC(C)CCCCC=CC(=O)O. The van der Waals surface area contributed by atoms with Gasteiger partial charge in [0.15, 0.2) is 0 Å². The second kappa shape index (κ2) is 6.89. The van der Waals surface area contributed by atoms with Crippen molar-refractivity contribution >= 4 is 5.97 Å². The van der Waals surface area contributed by atoms with Gasteiger partial charge >= 0.3 is 5.97 Å². The van der Waals surface area contributed by atoms with E-state index in [0.29, 0.717) is 0 Å². The van der Waals surface area contributed by atoms with Crippen LogP contribution in [0, 0.1) is 5.92 Å². The lowest BCUT2D eigenvalue weighted by Crippen LogP contribution is -1.87. The maximum atomic E-state index is 10.1. The minimum absolute atomic E-state index is 0.758. The van der Waals surface area contributed by atoms with E-state index >= 15 is 0 Å². The van der Waals surface area contributed by atoms with Crippen molar-refractivity contribution in [2.45, 2.75) is 39.5 Å². The van der Waals surface area contributed by atoms with Gasteiger partial charge in [0.1, 0.15) is 0 Å². The molecule has 0 bridgehead atoms. The van der Waals surface area contributed by atoms with Crippen molar-refractivity contribution in [3.05, 3.63) is 12.2 Å². The maximum Gasteiger partial charge on any atom is 0.327 e. The average Bonchev–Trinajstić information content (AvgIpc) is 1.95. The first-order valence-electron chi connectivity index (χ1n) is 4.52. The van der Waals surface area contributed by atoms with E-state index in [4.69, 9.17) is 5.11 Å². The van der Waals surface area contributed by atoms with Crippen LogP contribution in [0.15, 0.2) is 12.2 Å². The van der Waals surface area contributed by atoms with Crippen LogP contribution in [-0.2, 0) is 4.79 Å². The van der Waals surface area contributed by atoms with Crippen LogP contribution in [0.2, 0.25) is 0 Å². The Morgan fingerprint density at radius 1 is 1.42 bits per heavy atom. The number of carbonyl (C=O) groups is 1. The third kappa shape index (κ3) is 9.21. The molecule has 0 saturated heterocycles. The zero-order valence-electron chi connectivity index (χ0n) is 7.92. The van der Waals surface area contributed by atoms with Crippen molar-refractivity contribution in [1.29, 1.82) is 0 Å². The van der Waals surface area contributed by atoms with E-state index in [1.54, 1.807) is 6.08 Å². The molecule has 0 amide bonds. The molecule has 1 N–H and O–H groups in total. The van der Waals surface area contributed by atoms with Crippen LogP contribution >= 0.6 is 0 Å². The summed E-state index contributed by atoms with van der Waals surface area (Å²) in [6.07, 6.45) is 7.36. The Kier molecular flexibility index (Phi) is 6.44. The van der Waals surface area contributed by atoms with E-state index < -0.39 is 5.97 Å². The largest absolute Gasteiger partial charge is 0.478 e. The van der Waals surface area contributed by atoms with Crippen molar-refractivity contribution in [3.63, 3.8) is 0 Å². The number of hydrogen-bond acceptors (Lipinski definition) is 1. The third-order valence-electron chi connectivity index (χ3n) is 1.66. The van der Waals surface area contributed by atoms with E-state index in [-0.39, 0.29) is 0 Å². The first-order chi connectivity index (χ1) is 5.63. The summed E-state index contributed by atoms with van der Waals surface area (Å²) in [5.74, 6) is -0.0905. The molecule has 0 aromatic carbocycles. The quantitative estimate of drug-likeness (QED) is 0.491. The minimum atomic E-state index is -0.848. The van der Waals surface area contributed by atoms with Crippen LogP contribution in [0.5, 0.6) is 0 Å². The van der Waals surface area contributed by atoms with Gasteiger partial charge < -0.3 is 5.11 Å². The predicted octanol–water partition coefficient (Wildman–Crippen LogP) is 2.84. The number of allylic oxidation sites excluding steroid dienone is 1. The highest BCUT2D eigenvalue weighted by atomic mass is 16.4. The first kappa shape index (κ1) is 11.2. The van der Waals surface area contributed by atoms with Crippen LogP contribution in [0.25, 0.3) is 0 Å². The van der Waals surface area contributed by atoms with Gasteiger partial charge in [0.05, 0.1) is 0 Å². The molecule has 0 unspecified atom stereocenters. The molecule has 2 nitrogen and oxygen atoms in total. The smallest absolute Gasteiger partial charge is 0.327 e. The second-order valence-electron chi connectivity index (χ2n) is 3.42. The molecule has 12 heavy (non-hydrogen) atoms. The molecule has 0 aromatic heterocycles. The van der Waals surface area contributed by atoms with Crippen LogP contribution in [0.4, 0.5) is 0 Å². The van der Waals surface area contributed by atoms with Crippen molar-refractivity contribution < 1.29 is 9.90 Å². The number of hydrogen-bond donors (Lipinski definition) is 1. The molecule has 2 heteroatoms. The Bertz CT molecular complexity index is 148. The van der Waals surface area contributed by atoms with Gasteiger partial charge in [-0.3, -0.25) is 0 Å². The molecule has 0 spiro atoms. The van der Waals surface area contributed by atoms with Crippen LogP contribution in [0.3, 0.4) is 0 Å². The Morgan fingerprint density at radius 2 is 2.08 bits per heavy atom. The summed E-state index contributed by atoms with van der Waals surface area (Å²) in [6.45, 7) is 4.40. The van der Waals surface area contributed by atoms with Gasteiger partial charge in [0.25, 0.3) is 0 Å². The van der Waals surface area contributed by atoms with E-state index in [1.807, 2.05) is 0 Å². The summed E-state index contributed by atoms with van der Waals surface area (Å²) in [7, 11) is 0. The standard InChI is InChI=1S/C10H18O2/c1-9(2)7-5-3-4-6-8-10(11)12/h6,8-9H,3-5,7H2,1-2H3,(H,11,12). The summed E-state index contributed by atoms with van der Waals surface area (Å²) >= 11 is 0. The van der Waals surface area contributed by atoms with Gasteiger partial charge in [-0.2, -0.15) is 0 Å². The van der Waals surface area contributed by atoms with Crippen LogP contribution in [-0.4, -0.2) is 11.1 Å². The van der Waals surface area contributed by atoms with Gasteiger partial charge in [0.2, 0.25) is 0 Å². The molecular formula is C10H18O2. The molecule has 0 aliphatic rings. The Labute approximate surface area is 74.3 Å². The average molecular weight is 170 g/mol. The maximum absolute atomic E-state index is 10.1. The summed E-state index contributed by atoms with van der Waals surface area (Å²) in [6, 6.07) is 0. The number of aliphatic carboxylic acids is 1. The fraction of sp³-hybridized carbons (Fsp3) is 0.700. The zero-order chi connectivity index (χ0) is 9.40. The summed E-state index contributed by atoms with van der Waals surface area (Å²) in [5.41, 5.74) is 0. The van der Waals surface area contributed by atoms with Crippen LogP contribution in [0.1, 0.15) is 39.5 Å². The molecule has 0 rings (SSSR count). The summed E-state index contributed by atoms with van der Waals surface area (Å²) in [4.78, 5) is 10.1. The van der Waals surface area contributed by atoms with Crippen molar-refractivity contribution in [2.75, 3.05) is 0 Å². The van der Waals surface area contributed by atoms with E-state index in [0.717, 1.165) is 18.8 Å². The normalized spacial score (nSPS) is 11.2. The van der Waals surface area contributed by atoms with E-state index in [1.165, 1.54) is 18.9 Å². The molecule has 0 saturated carbocycles. The zero-order valence-corrected chi connectivity index (χ0v) is 7.92. The molecule has 0 radical (unpaired) electrons. The van der Waals surface area contributed by atoms with Crippen molar-refractivity contribution in [1.82, 2.24) is 0 Å². The van der Waals surface area contributed by atoms with Gasteiger partial charge in [-0.25, -0.2) is 4.79 Å². The molecule has 0 aliphatic carbocycles. The summed E-state index contributed by atoms with van der Waals surface area (Å²) in [5, 5.41) is 8.27. The Balaban J connectivity index is 3.16. The molecule has 0 aromatic rings. The lowest BCUT2D eigenvalue weighted by molar-refractivity contribution is -0.131. The highest BCUT2D eigenvalue weighted by molar-refractivity contribution is 5.79.